The number of methoxy groups -OCH3 is 2. The zero-order chi connectivity index (χ0) is 21.8. The third kappa shape index (κ3) is 4.42. The summed E-state index contributed by atoms with van der Waals surface area (Å²) in [5, 5.41) is 4.06. The van der Waals surface area contributed by atoms with E-state index in [0.29, 0.717) is 42.6 Å². The third-order valence-electron chi connectivity index (χ3n) is 5.47. The molecule has 0 radical (unpaired) electrons. The fraction of sp³-hybridized carbons (Fsp3) is 0.364. The molecular weight excluding hydrogens is 418 g/mol. The Labute approximate surface area is 181 Å². The highest BCUT2D eigenvalue weighted by Gasteiger charge is 2.35. The molecule has 3 aromatic rings. The fourth-order valence-corrected chi connectivity index (χ4v) is 5.62. The van der Waals surface area contributed by atoms with Gasteiger partial charge in [-0.05, 0) is 43.5 Å². The van der Waals surface area contributed by atoms with E-state index in [-0.39, 0.29) is 10.9 Å². The number of nitrogens with zero attached hydrogens (tertiary/aromatic N) is 3. The Morgan fingerprint density at radius 1 is 1.10 bits per heavy atom. The molecule has 8 nitrogen and oxygen atoms in total. The van der Waals surface area contributed by atoms with Crippen molar-refractivity contribution >= 4 is 10.0 Å². The van der Waals surface area contributed by atoms with E-state index in [1.165, 1.54) is 20.3 Å². The van der Waals surface area contributed by atoms with E-state index in [1.807, 2.05) is 30.3 Å². The number of hydrogen-bond acceptors (Lipinski definition) is 7. The average molecular weight is 444 g/mol. The molecule has 2 aromatic carbocycles. The van der Waals surface area contributed by atoms with Crippen molar-refractivity contribution in [3.05, 3.63) is 54.4 Å². The molecule has 1 aromatic heterocycles. The number of ether oxygens (including phenoxy) is 2. The fourth-order valence-electron chi connectivity index (χ4n) is 3.88. The zero-order valence-corrected chi connectivity index (χ0v) is 18.3. The van der Waals surface area contributed by atoms with E-state index in [4.69, 9.17) is 14.0 Å². The van der Waals surface area contributed by atoms with Crippen LogP contribution < -0.4 is 9.47 Å². The van der Waals surface area contributed by atoms with Crippen molar-refractivity contribution in [3.63, 3.8) is 0 Å². The normalized spacial score (nSPS) is 17.0. The molecule has 0 bridgehead atoms. The topological polar surface area (TPSA) is 94.8 Å². The maximum absolute atomic E-state index is 13.3. The van der Waals surface area contributed by atoms with Crippen LogP contribution >= 0.6 is 0 Å². The van der Waals surface area contributed by atoms with Gasteiger partial charge < -0.3 is 14.0 Å². The van der Waals surface area contributed by atoms with Gasteiger partial charge in [0.2, 0.25) is 10.0 Å². The van der Waals surface area contributed by atoms with Gasteiger partial charge in [0, 0.05) is 30.6 Å². The first-order chi connectivity index (χ1) is 15.0. The second-order valence-corrected chi connectivity index (χ2v) is 9.24. The number of benzene rings is 2. The van der Waals surface area contributed by atoms with Gasteiger partial charge in [0.15, 0.2) is 17.3 Å². The van der Waals surface area contributed by atoms with Crippen molar-refractivity contribution in [2.75, 3.05) is 20.8 Å². The van der Waals surface area contributed by atoms with Gasteiger partial charge in [-0.25, -0.2) is 8.42 Å². The van der Waals surface area contributed by atoms with Crippen LogP contribution in [0.25, 0.3) is 11.5 Å². The number of hydrogen-bond donors (Lipinski definition) is 0. The Kier molecular flexibility index (Phi) is 6.24. The molecular formula is C22H25N3O5S. The van der Waals surface area contributed by atoms with Crippen molar-refractivity contribution in [3.8, 4) is 23.0 Å². The molecule has 2 heterocycles. The second-order valence-electron chi connectivity index (χ2n) is 7.35. The lowest BCUT2D eigenvalue weighted by Crippen LogP contribution is -2.35. The summed E-state index contributed by atoms with van der Waals surface area (Å²) in [4.78, 5) is 4.65. The summed E-state index contributed by atoms with van der Waals surface area (Å²) >= 11 is 0. The van der Waals surface area contributed by atoms with Gasteiger partial charge in [0.05, 0.1) is 19.1 Å². The van der Waals surface area contributed by atoms with Crippen molar-refractivity contribution < 1.29 is 22.4 Å². The number of aromatic nitrogens is 2. The molecule has 1 aliphatic heterocycles. The Balaban J connectivity index is 1.47. The second kappa shape index (κ2) is 9.07. The van der Waals surface area contributed by atoms with Crippen molar-refractivity contribution in [1.29, 1.82) is 0 Å². The standard InChI is InChI=1S/C22H25N3O5S/c1-28-19-12-11-18(15-20(19)29-2)31(26,27)25-14-6-9-17(25)10-13-21-23-22(30-24-21)16-7-4-3-5-8-16/h3-5,7-8,11-12,15,17H,6,9-10,13-14H2,1-2H3. The van der Waals surface area contributed by atoms with Crippen LogP contribution in [-0.4, -0.2) is 49.7 Å². The molecule has 0 spiro atoms. The van der Waals surface area contributed by atoms with Gasteiger partial charge in [-0.2, -0.15) is 9.29 Å². The maximum atomic E-state index is 13.3. The Bertz CT molecular complexity index is 1130. The van der Waals surface area contributed by atoms with Crippen LogP contribution in [0.1, 0.15) is 25.1 Å². The molecule has 164 valence electrons. The molecule has 4 rings (SSSR count). The van der Waals surface area contributed by atoms with Gasteiger partial charge in [0.1, 0.15) is 0 Å². The summed E-state index contributed by atoms with van der Waals surface area (Å²) in [5.41, 5.74) is 0.861. The van der Waals surface area contributed by atoms with Crippen molar-refractivity contribution in [2.45, 2.75) is 36.6 Å². The molecule has 0 amide bonds. The lowest BCUT2D eigenvalue weighted by atomic mass is 10.1. The van der Waals surface area contributed by atoms with Crippen LogP contribution in [0, 0.1) is 0 Å². The predicted octanol–water partition coefficient (Wildman–Crippen LogP) is 3.54. The number of aryl methyl sites for hydroxylation is 1. The van der Waals surface area contributed by atoms with Gasteiger partial charge >= 0.3 is 0 Å². The van der Waals surface area contributed by atoms with Gasteiger partial charge in [-0.1, -0.05) is 23.4 Å². The van der Waals surface area contributed by atoms with Crippen LogP contribution in [0.15, 0.2) is 57.9 Å². The van der Waals surface area contributed by atoms with E-state index in [2.05, 4.69) is 10.1 Å². The Morgan fingerprint density at radius 2 is 1.87 bits per heavy atom. The first-order valence-corrected chi connectivity index (χ1v) is 11.6. The summed E-state index contributed by atoms with van der Waals surface area (Å²) in [6.07, 6.45) is 2.79. The first kappa shape index (κ1) is 21.3. The molecule has 0 saturated carbocycles. The smallest absolute Gasteiger partial charge is 0.257 e. The van der Waals surface area contributed by atoms with E-state index in [0.717, 1.165) is 18.4 Å². The lowest BCUT2D eigenvalue weighted by Gasteiger charge is -2.24. The van der Waals surface area contributed by atoms with Crippen LogP contribution in [0.2, 0.25) is 0 Å². The Hall–Kier alpha value is -2.91. The minimum absolute atomic E-state index is 0.114. The first-order valence-electron chi connectivity index (χ1n) is 10.1. The molecule has 9 heteroatoms. The number of sulfonamides is 1. The molecule has 0 aliphatic carbocycles. The monoisotopic (exact) mass is 443 g/mol. The highest BCUT2D eigenvalue weighted by molar-refractivity contribution is 7.89. The molecule has 1 unspecified atom stereocenters. The van der Waals surface area contributed by atoms with Crippen LogP contribution in [-0.2, 0) is 16.4 Å². The lowest BCUT2D eigenvalue weighted by molar-refractivity contribution is 0.351. The summed E-state index contributed by atoms with van der Waals surface area (Å²) in [6.45, 7) is 0.489. The summed E-state index contributed by atoms with van der Waals surface area (Å²) in [5.74, 6) is 1.93. The molecule has 31 heavy (non-hydrogen) atoms. The van der Waals surface area contributed by atoms with Crippen LogP contribution in [0.5, 0.6) is 11.5 Å². The van der Waals surface area contributed by atoms with Crippen LogP contribution in [0.3, 0.4) is 0 Å². The number of rotatable bonds is 8. The highest BCUT2D eigenvalue weighted by atomic mass is 32.2. The quantitative estimate of drug-likeness (QED) is 0.525. The minimum atomic E-state index is -3.65. The third-order valence-corrected chi connectivity index (χ3v) is 7.42. The summed E-state index contributed by atoms with van der Waals surface area (Å²) < 4.78 is 44.0. The molecule has 0 N–H and O–H groups in total. The summed E-state index contributed by atoms with van der Waals surface area (Å²) in [7, 11) is -0.649. The minimum Gasteiger partial charge on any atom is -0.493 e. The van der Waals surface area contributed by atoms with E-state index >= 15 is 0 Å². The zero-order valence-electron chi connectivity index (χ0n) is 17.5. The summed E-state index contributed by atoms with van der Waals surface area (Å²) in [6, 6.07) is 14.1. The van der Waals surface area contributed by atoms with Crippen LogP contribution in [0.4, 0.5) is 0 Å². The molecule has 1 aliphatic rings. The van der Waals surface area contributed by atoms with Crippen molar-refractivity contribution in [1.82, 2.24) is 14.4 Å². The van der Waals surface area contributed by atoms with E-state index in [9.17, 15) is 8.42 Å². The van der Waals surface area contributed by atoms with E-state index < -0.39 is 10.0 Å². The SMILES string of the molecule is COc1ccc(S(=O)(=O)N2CCCC2CCc2noc(-c3ccccc3)n2)cc1OC. The molecule has 1 saturated heterocycles. The Morgan fingerprint density at radius 3 is 2.61 bits per heavy atom. The van der Waals surface area contributed by atoms with Gasteiger partial charge in [0.25, 0.3) is 5.89 Å². The maximum Gasteiger partial charge on any atom is 0.257 e. The predicted molar refractivity (Wildman–Crippen MR) is 115 cm³/mol. The largest absolute Gasteiger partial charge is 0.493 e. The van der Waals surface area contributed by atoms with E-state index in [1.54, 1.807) is 16.4 Å². The van der Waals surface area contributed by atoms with Crippen molar-refractivity contribution in [2.24, 2.45) is 0 Å². The molecule has 1 fully saturated rings. The average Bonchev–Trinajstić information content (AvgIpc) is 3.47. The molecule has 1 atom stereocenters. The van der Waals surface area contributed by atoms with Gasteiger partial charge in [-0.3, -0.25) is 0 Å². The highest BCUT2D eigenvalue weighted by Crippen LogP contribution is 2.34. The van der Waals surface area contributed by atoms with Gasteiger partial charge in [-0.15, -0.1) is 0 Å².